The summed E-state index contributed by atoms with van der Waals surface area (Å²) in [5.41, 5.74) is 4.49. The summed E-state index contributed by atoms with van der Waals surface area (Å²) in [5.74, 6) is -0.152. The van der Waals surface area contributed by atoms with Crippen LogP contribution in [0.5, 0.6) is 0 Å². The Kier molecular flexibility index (Phi) is 9.89. The molecule has 1 atom stereocenters. The Bertz CT molecular complexity index is 1140. The van der Waals surface area contributed by atoms with Gasteiger partial charge in [-0.1, -0.05) is 103 Å². The van der Waals surface area contributed by atoms with E-state index in [1.165, 1.54) is 5.56 Å². The number of hydrogen-bond donors (Lipinski definition) is 1. The molecule has 0 fully saturated rings. The molecule has 0 saturated heterocycles. The standard InChI is InChI=1S/C31H37BrN2O2/c1-5-33-30(36)28(21-24-10-7-6-8-11-24)34(22-25-12-9-13-27(32)20-25)29(35)19-16-23-14-17-26(18-15-23)31(2,3)4/h6-15,17-18,20,28H,5,16,19,21-22H2,1-4H3,(H,33,36)/t28-/m0/s1. The van der Waals surface area contributed by atoms with E-state index in [2.05, 4.69) is 66.3 Å². The summed E-state index contributed by atoms with van der Waals surface area (Å²) in [6.07, 6.45) is 1.44. The van der Waals surface area contributed by atoms with Gasteiger partial charge in [-0.25, -0.2) is 0 Å². The maximum atomic E-state index is 13.7. The largest absolute Gasteiger partial charge is 0.355 e. The lowest BCUT2D eigenvalue weighted by molar-refractivity contribution is -0.141. The zero-order valence-corrected chi connectivity index (χ0v) is 23.3. The molecule has 4 nitrogen and oxygen atoms in total. The first-order valence-corrected chi connectivity index (χ1v) is 13.4. The fourth-order valence-electron chi connectivity index (χ4n) is 4.24. The molecule has 3 aromatic rings. The van der Waals surface area contributed by atoms with Crippen LogP contribution in [-0.4, -0.2) is 29.3 Å². The molecule has 0 heterocycles. The minimum Gasteiger partial charge on any atom is -0.355 e. The van der Waals surface area contributed by atoms with E-state index in [0.29, 0.717) is 32.4 Å². The van der Waals surface area contributed by atoms with Crippen molar-refractivity contribution < 1.29 is 9.59 Å². The minimum atomic E-state index is -0.595. The molecule has 0 aromatic heterocycles. The molecule has 3 rings (SSSR count). The SMILES string of the molecule is CCNC(=O)[C@H](Cc1ccccc1)N(Cc1cccc(Br)c1)C(=O)CCc1ccc(C(C)(C)C)cc1. The molecule has 0 spiro atoms. The Morgan fingerprint density at radius 2 is 1.56 bits per heavy atom. The Morgan fingerprint density at radius 3 is 2.17 bits per heavy atom. The van der Waals surface area contributed by atoms with Gasteiger partial charge in [0.1, 0.15) is 6.04 Å². The third-order valence-electron chi connectivity index (χ3n) is 6.31. The fourth-order valence-corrected chi connectivity index (χ4v) is 4.69. The summed E-state index contributed by atoms with van der Waals surface area (Å²) in [7, 11) is 0. The van der Waals surface area contributed by atoms with Gasteiger partial charge in [0, 0.05) is 30.4 Å². The minimum absolute atomic E-state index is 0.0259. The number of hydrogen-bond acceptors (Lipinski definition) is 2. The van der Waals surface area contributed by atoms with Gasteiger partial charge in [0.15, 0.2) is 0 Å². The number of amides is 2. The molecular weight excluding hydrogens is 512 g/mol. The second-order valence-electron chi connectivity index (χ2n) is 10.2. The first-order valence-electron chi connectivity index (χ1n) is 12.6. The molecule has 3 aromatic carbocycles. The van der Waals surface area contributed by atoms with Crippen molar-refractivity contribution in [2.75, 3.05) is 6.54 Å². The second kappa shape index (κ2) is 12.9. The van der Waals surface area contributed by atoms with Crippen molar-refractivity contribution in [3.05, 3.63) is 106 Å². The Balaban J connectivity index is 1.86. The van der Waals surface area contributed by atoms with Gasteiger partial charge in [0.05, 0.1) is 0 Å². The van der Waals surface area contributed by atoms with Crippen LogP contribution in [0.4, 0.5) is 0 Å². The highest BCUT2D eigenvalue weighted by molar-refractivity contribution is 9.10. The van der Waals surface area contributed by atoms with Gasteiger partial charge in [0.2, 0.25) is 11.8 Å². The zero-order valence-electron chi connectivity index (χ0n) is 21.8. The lowest BCUT2D eigenvalue weighted by Gasteiger charge is -2.31. The molecule has 1 N–H and O–H groups in total. The van der Waals surface area contributed by atoms with E-state index in [0.717, 1.165) is 21.2 Å². The molecule has 5 heteroatoms. The maximum Gasteiger partial charge on any atom is 0.243 e. The number of aryl methyl sites for hydroxylation is 1. The van der Waals surface area contributed by atoms with Crippen molar-refractivity contribution in [3.63, 3.8) is 0 Å². The zero-order chi connectivity index (χ0) is 26.1. The van der Waals surface area contributed by atoms with Gasteiger partial charge in [-0.2, -0.15) is 0 Å². The summed E-state index contributed by atoms with van der Waals surface area (Å²) in [6, 6.07) is 25.7. The molecule has 0 radical (unpaired) electrons. The van der Waals surface area contributed by atoms with Crippen molar-refractivity contribution in [1.82, 2.24) is 10.2 Å². The van der Waals surface area contributed by atoms with E-state index in [9.17, 15) is 9.59 Å². The van der Waals surface area contributed by atoms with Crippen LogP contribution in [0.3, 0.4) is 0 Å². The van der Waals surface area contributed by atoms with Crippen molar-refractivity contribution >= 4 is 27.7 Å². The van der Waals surface area contributed by atoms with Crippen LogP contribution in [0.25, 0.3) is 0 Å². The molecule has 0 aliphatic carbocycles. The average molecular weight is 550 g/mol. The number of carbonyl (C=O) groups is 2. The topological polar surface area (TPSA) is 49.4 Å². The molecule has 2 amide bonds. The summed E-state index contributed by atoms with van der Waals surface area (Å²) in [6.45, 7) is 9.37. The smallest absolute Gasteiger partial charge is 0.243 e. The third-order valence-corrected chi connectivity index (χ3v) is 6.80. The highest BCUT2D eigenvalue weighted by Gasteiger charge is 2.30. The highest BCUT2D eigenvalue weighted by atomic mass is 79.9. The van der Waals surface area contributed by atoms with Crippen LogP contribution < -0.4 is 5.32 Å². The van der Waals surface area contributed by atoms with E-state index >= 15 is 0 Å². The van der Waals surface area contributed by atoms with Crippen LogP contribution in [0.15, 0.2) is 83.3 Å². The molecule has 0 saturated carbocycles. The molecule has 0 aliphatic rings. The van der Waals surface area contributed by atoms with E-state index < -0.39 is 6.04 Å². The van der Waals surface area contributed by atoms with E-state index in [1.807, 2.05) is 61.5 Å². The predicted molar refractivity (Wildman–Crippen MR) is 151 cm³/mol. The number of likely N-dealkylation sites (N-methyl/N-ethyl adjacent to an activating group) is 1. The first kappa shape index (κ1) is 27.7. The van der Waals surface area contributed by atoms with E-state index in [-0.39, 0.29) is 17.2 Å². The quantitative estimate of drug-likeness (QED) is 0.316. The Hall–Kier alpha value is -2.92. The van der Waals surface area contributed by atoms with Gasteiger partial charge in [-0.05, 0) is 53.1 Å². The number of nitrogens with one attached hydrogen (secondary N) is 1. The number of rotatable bonds is 10. The lowest BCUT2D eigenvalue weighted by atomic mass is 9.86. The van der Waals surface area contributed by atoms with Crippen LogP contribution >= 0.6 is 15.9 Å². The molecule has 0 aliphatic heterocycles. The number of carbonyl (C=O) groups excluding carboxylic acids is 2. The first-order chi connectivity index (χ1) is 17.2. The fraction of sp³-hybridized carbons (Fsp3) is 0.355. The normalized spacial score (nSPS) is 12.1. The molecule has 0 unspecified atom stereocenters. The van der Waals surface area contributed by atoms with Crippen LogP contribution in [0.1, 0.15) is 56.4 Å². The maximum absolute atomic E-state index is 13.7. The van der Waals surface area contributed by atoms with Crippen LogP contribution in [-0.2, 0) is 34.4 Å². The highest BCUT2D eigenvalue weighted by Crippen LogP contribution is 2.23. The summed E-state index contributed by atoms with van der Waals surface area (Å²) in [4.78, 5) is 28.7. The van der Waals surface area contributed by atoms with E-state index in [4.69, 9.17) is 0 Å². The van der Waals surface area contributed by atoms with Gasteiger partial charge in [-0.15, -0.1) is 0 Å². The average Bonchev–Trinajstić information content (AvgIpc) is 2.85. The Labute approximate surface area is 224 Å². The Morgan fingerprint density at radius 1 is 0.889 bits per heavy atom. The predicted octanol–water partition coefficient (Wildman–Crippen LogP) is 6.46. The van der Waals surface area contributed by atoms with Gasteiger partial charge >= 0.3 is 0 Å². The van der Waals surface area contributed by atoms with E-state index in [1.54, 1.807) is 4.90 Å². The number of halogens is 1. The molecular formula is C31H37BrN2O2. The number of nitrogens with zero attached hydrogens (tertiary/aromatic N) is 1. The van der Waals surface area contributed by atoms with Crippen molar-refractivity contribution in [1.29, 1.82) is 0 Å². The summed E-state index contributed by atoms with van der Waals surface area (Å²) in [5, 5.41) is 2.95. The number of benzene rings is 3. The van der Waals surface area contributed by atoms with Crippen LogP contribution in [0.2, 0.25) is 0 Å². The van der Waals surface area contributed by atoms with Crippen molar-refractivity contribution in [2.24, 2.45) is 0 Å². The summed E-state index contributed by atoms with van der Waals surface area (Å²) >= 11 is 3.53. The summed E-state index contributed by atoms with van der Waals surface area (Å²) < 4.78 is 0.948. The lowest BCUT2D eigenvalue weighted by Crippen LogP contribution is -2.50. The molecule has 0 bridgehead atoms. The van der Waals surface area contributed by atoms with Gasteiger partial charge < -0.3 is 10.2 Å². The van der Waals surface area contributed by atoms with Crippen molar-refractivity contribution in [3.8, 4) is 0 Å². The monoisotopic (exact) mass is 548 g/mol. The van der Waals surface area contributed by atoms with Crippen LogP contribution in [0, 0.1) is 0 Å². The van der Waals surface area contributed by atoms with Gasteiger partial charge in [-0.3, -0.25) is 9.59 Å². The molecule has 190 valence electrons. The van der Waals surface area contributed by atoms with Crippen molar-refractivity contribution in [2.45, 2.75) is 65.0 Å². The molecule has 36 heavy (non-hydrogen) atoms. The van der Waals surface area contributed by atoms with Gasteiger partial charge in [0.25, 0.3) is 0 Å². The second-order valence-corrected chi connectivity index (χ2v) is 11.1. The third kappa shape index (κ3) is 8.06.